The third kappa shape index (κ3) is 7.73. The molecule has 2 fully saturated rings. The van der Waals surface area contributed by atoms with E-state index in [1.807, 2.05) is 32.0 Å². The maximum atomic E-state index is 13.6. The Morgan fingerprint density at radius 2 is 1.64 bits per heavy atom. The van der Waals surface area contributed by atoms with E-state index in [2.05, 4.69) is 10.4 Å². The van der Waals surface area contributed by atoms with Crippen LogP contribution in [0.4, 0.5) is 4.79 Å². The lowest BCUT2D eigenvalue weighted by atomic mass is 9.78. The molecule has 1 aromatic carbocycles. The molecule has 14 nitrogen and oxygen atoms in total. The summed E-state index contributed by atoms with van der Waals surface area (Å²) in [4.78, 5) is 68.7. The van der Waals surface area contributed by atoms with E-state index in [1.54, 1.807) is 24.0 Å². The van der Waals surface area contributed by atoms with E-state index in [-0.39, 0.29) is 63.1 Å². The van der Waals surface area contributed by atoms with Gasteiger partial charge in [-0.05, 0) is 58.6 Å². The first-order chi connectivity index (χ1) is 21.6. The summed E-state index contributed by atoms with van der Waals surface area (Å²) in [5.74, 6) is -2.17. The number of aromatic nitrogens is 2. The largest absolute Gasteiger partial charge is 0.481 e. The number of amides is 4. The van der Waals surface area contributed by atoms with Crippen molar-refractivity contribution in [1.82, 2.24) is 29.8 Å². The molecule has 4 rings (SSSR count). The van der Waals surface area contributed by atoms with Crippen LogP contribution in [0.5, 0.6) is 5.88 Å². The van der Waals surface area contributed by atoms with E-state index < -0.39 is 35.5 Å². The number of hydrogen-bond acceptors (Lipinski definition) is 8. The summed E-state index contributed by atoms with van der Waals surface area (Å²) in [6, 6.07) is 9.33. The molecule has 2 aromatic rings. The Morgan fingerprint density at radius 3 is 2.20 bits per heavy atom. The fourth-order valence-electron chi connectivity index (χ4n) is 5.46. The van der Waals surface area contributed by atoms with Crippen LogP contribution in [0.2, 0.25) is 0 Å². The summed E-state index contributed by atoms with van der Waals surface area (Å²) < 4.78 is 12.9. The summed E-state index contributed by atoms with van der Waals surface area (Å²) in [6.07, 6.45) is 0.930. The highest BCUT2D eigenvalue weighted by Crippen LogP contribution is 2.39. The van der Waals surface area contributed by atoms with Gasteiger partial charge in [-0.15, -0.1) is 0 Å². The average molecular weight is 627 g/mol. The standard InChI is InChI=1S/C31H42N6O8/c1-4-34(5-2)29(42)31(15-10-16-31)45-25-21-24(33-37(25)22-11-8-7-9-12-22)27(40)32-23(13-14-26(38)39)28(41)35-17-19-36(20-18-35)30(43)44-6-3/h7-9,11-12,21,23H,4-6,10,13-20H2,1-3H3,(H,32,40)(H,38,39). The smallest absolute Gasteiger partial charge is 0.409 e. The van der Waals surface area contributed by atoms with Gasteiger partial charge in [-0.1, -0.05) is 18.2 Å². The second-order valence-electron chi connectivity index (χ2n) is 11.0. The molecule has 2 aliphatic rings. The second kappa shape index (κ2) is 14.9. The van der Waals surface area contributed by atoms with Crippen LogP contribution >= 0.6 is 0 Å². The molecule has 45 heavy (non-hydrogen) atoms. The molecule has 1 unspecified atom stereocenters. The maximum absolute atomic E-state index is 13.6. The van der Waals surface area contributed by atoms with Crippen LogP contribution in [-0.4, -0.2) is 117 Å². The van der Waals surface area contributed by atoms with Crippen molar-refractivity contribution in [2.24, 2.45) is 0 Å². The number of ether oxygens (including phenoxy) is 2. The minimum Gasteiger partial charge on any atom is -0.481 e. The number of aliphatic carboxylic acids is 1. The van der Waals surface area contributed by atoms with Gasteiger partial charge in [0.25, 0.3) is 11.8 Å². The predicted molar refractivity (Wildman–Crippen MR) is 162 cm³/mol. The van der Waals surface area contributed by atoms with E-state index >= 15 is 0 Å². The number of nitrogens with zero attached hydrogens (tertiary/aromatic N) is 5. The zero-order valence-electron chi connectivity index (χ0n) is 26.1. The van der Waals surface area contributed by atoms with Crippen LogP contribution in [0.25, 0.3) is 5.69 Å². The number of piperazine rings is 1. The highest BCUT2D eigenvalue weighted by atomic mass is 16.6. The zero-order valence-corrected chi connectivity index (χ0v) is 26.1. The van der Waals surface area contributed by atoms with Crippen molar-refractivity contribution in [2.75, 3.05) is 45.9 Å². The third-order valence-corrected chi connectivity index (χ3v) is 8.18. The topological polar surface area (TPSA) is 164 Å². The molecule has 1 saturated carbocycles. The third-order valence-electron chi connectivity index (χ3n) is 8.18. The number of benzene rings is 1. The van der Waals surface area contributed by atoms with Crippen LogP contribution in [0.3, 0.4) is 0 Å². The van der Waals surface area contributed by atoms with E-state index in [0.717, 1.165) is 6.42 Å². The van der Waals surface area contributed by atoms with Crippen LogP contribution in [0.15, 0.2) is 36.4 Å². The maximum Gasteiger partial charge on any atom is 0.409 e. The van der Waals surface area contributed by atoms with Crippen molar-refractivity contribution in [1.29, 1.82) is 0 Å². The minimum absolute atomic E-state index is 0.0566. The van der Waals surface area contributed by atoms with Gasteiger partial charge in [-0.25, -0.2) is 9.48 Å². The van der Waals surface area contributed by atoms with Crippen molar-refractivity contribution in [3.63, 3.8) is 0 Å². The van der Waals surface area contributed by atoms with E-state index in [4.69, 9.17) is 9.47 Å². The lowest BCUT2D eigenvalue weighted by Gasteiger charge is -2.42. The molecule has 1 atom stereocenters. The van der Waals surface area contributed by atoms with Crippen molar-refractivity contribution >= 4 is 29.8 Å². The SMILES string of the molecule is CCOC(=O)N1CCN(C(=O)C(CCC(=O)O)NC(=O)c2cc(OC3(C(=O)N(CC)CC)CCC3)n(-c3ccccc3)n2)CC1. The lowest BCUT2D eigenvalue weighted by Crippen LogP contribution is -2.57. The molecule has 244 valence electrons. The van der Waals surface area contributed by atoms with Crippen molar-refractivity contribution in [2.45, 2.75) is 64.5 Å². The van der Waals surface area contributed by atoms with Crippen LogP contribution < -0.4 is 10.1 Å². The number of para-hydroxylation sites is 1. The molecule has 2 heterocycles. The van der Waals surface area contributed by atoms with Crippen molar-refractivity contribution in [3.8, 4) is 11.6 Å². The second-order valence-corrected chi connectivity index (χ2v) is 11.0. The summed E-state index contributed by atoms with van der Waals surface area (Å²) in [5, 5.41) is 16.5. The summed E-state index contributed by atoms with van der Waals surface area (Å²) in [6.45, 7) is 7.76. The van der Waals surface area contributed by atoms with Gasteiger partial charge in [0.05, 0.1) is 12.3 Å². The van der Waals surface area contributed by atoms with Crippen LogP contribution in [0, 0.1) is 0 Å². The van der Waals surface area contributed by atoms with Gasteiger partial charge in [0, 0.05) is 51.8 Å². The van der Waals surface area contributed by atoms with Crippen LogP contribution in [-0.2, 0) is 19.1 Å². The van der Waals surface area contributed by atoms with Crippen LogP contribution in [0.1, 0.15) is 63.4 Å². The van der Waals surface area contributed by atoms with Gasteiger partial charge < -0.3 is 34.6 Å². The number of carboxylic acids is 1. The molecular weight excluding hydrogens is 584 g/mol. The van der Waals surface area contributed by atoms with Crippen molar-refractivity contribution < 1.29 is 38.6 Å². The molecular formula is C31H42N6O8. The Morgan fingerprint density at radius 1 is 1.00 bits per heavy atom. The van der Waals surface area contributed by atoms with Gasteiger partial charge in [0.15, 0.2) is 11.3 Å². The predicted octanol–water partition coefficient (Wildman–Crippen LogP) is 2.31. The Kier molecular flexibility index (Phi) is 11.0. The normalized spacial score (nSPS) is 16.2. The fourth-order valence-corrected chi connectivity index (χ4v) is 5.46. The van der Waals surface area contributed by atoms with Gasteiger partial charge >= 0.3 is 12.1 Å². The number of nitrogens with one attached hydrogen (secondary N) is 1. The first kappa shape index (κ1) is 33.3. The molecule has 1 aromatic heterocycles. The molecule has 1 saturated heterocycles. The summed E-state index contributed by atoms with van der Waals surface area (Å²) in [7, 11) is 0. The molecule has 4 amide bonds. The Bertz CT molecular complexity index is 1360. The molecule has 0 spiro atoms. The Balaban J connectivity index is 1.56. The Hall–Kier alpha value is -4.62. The monoisotopic (exact) mass is 626 g/mol. The molecule has 1 aliphatic heterocycles. The highest BCUT2D eigenvalue weighted by molar-refractivity contribution is 5.96. The van der Waals surface area contributed by atoms with E-state index in [1.165, 1.54) is 20.5 Å². The number of carboxylic acid groups (broad SMARTS) is 1. The molecule has 0 radical (unpaired) electrons. The number of carbonyl (C=O) groups is 5. The first-order valence-electron chi connectivity index (χ1n) is 15.5. The Labute approximate surface area is 262 Å². The first-order valence-corrected chi connectivity index (χ1v) is 15.5. The fraction of sp³-hybridized carbons (Fsp3) is 0.548. The molecule has 0 bridgehead atoms. The number of likely N-dealkylation sites (N-methyl/N-ethyl adjacent to an activating group) is 1. The molecule has 2 N–H and O–H groups in total. The lowest BCUT2D eigenvalue weighted by molar-refractivity contribution is -0.156. The molecule has 14 heteroatoms. The van der Waals surface area contributed by atoms with Gasteiger partial charge in [-0.3, -0.25) is 19.2 Å². The quantitative estimate of drug-likeness (QED) is 0.340. The van der Waals surface area contributed by atoms with Gasteiger partial charge in [0.1, 0.15) is 6.04 Å². The summed E-state index contributed by atoms with van der Waals surface area (Å²) >= 11 is 0. The number of carbonyl (C=O) groups excluding carboxylic acids is 4. The van der Waals surface area contributed by atoms with E-state index in [9.17, 15) is 29.1 Å². The number of rotatable bonds is 13. The summed E-state index contributed by atoms with van der Waals surface area (Å²) in [5.41, 5.74) is -0.522. The highest BCUT2D eigenvalue weighted by Gasteiger charge is 2.49. The van der Waals surface area contributed by atoms with E-state index in [0.29, 0.717) is 31.6 Å². The number of hydrogen-bond donors (Lipinski definition) is 2. The average Bonchev–Trinajstić information content (AvgIpc) is 3.45. The van der Waals surface area contributed by atoms with Gasteiger partial charge in [-0.2, -0.15) is 5.10 Å². The van der Waals surface area contributed by atoms with Crippen molar-refractivity contribution in [3.05, 3.63) is 42.1 Å². The zero-order chi connectivity index (χ0) is 32.6. The molecule has 1 aliphatic carbocycles. The van der Waals surface area contributed by atoms with Gasteiger partial charge in [0.2, 0.25) is 11.8 Å². The minimum atomic E-state index is -1.14.